The third-order valence-electron chi connectivity index (χ3n) is 5.81. The molecule has 4 N–H and O–H groups in total. The van der Waals surface area contributed by atoms with Crippen LogP contribution in [0.3, 0.4) is 0 Å². The van der Waals surface area contributed by atoms with Gasteiger partial charge in [-0.1, -0.05) is 6.07 Å². The van der Waals surface area contributed by atoms with Crippen molar-refractivity contribution in [2.75, 3.05) is 19.6 Å². The number of hydrogen-bond donors (Lipinski definition) is 3. The van der Waals surface area contributed by atoms with E-state index in [9.17, 15) is 14.4 Å². The van der Waals surface area contributed by atoms with Gasteiger partial charge in [0.15, 0.2) is 0 Å². The van der Waals surface area contributed by atoms with Crippen LogP contribution >= 0.6 is 0 Å². The van der Waals surface area contributed by atoms with Crippen LogP contribution in [-0.2, 0) is 4.79 Å². The lowest BCUT2D eigenvalue weighted by molar-refractivity contribution is -0.135. The zero-order valence-electron chi connectivity index (χ0n) is 15.8. The molecule has 2 aliphatic heterocycles. The predicted molar refractivity (Wildman–Crippen MR) is 104 cm³/mol. The van der Waals surface area contributed by atoms with Gasteiger partial charge in [0.05, 0.1) is 12.1 Å². The molecule has 148 valence electrons. The van der Waals surface area contributed by atoms with Crippen molar-refractivity contribution in [3.05, 3.63) is 58.3 Å². The molecule has 2 aliphatic rings. The number of fused-ring (bicyclic) bond motifs is 4. The second-order valence-corrected chi connectivity index (χ2v) is 7.74. The van der Waals surface area contributed by atoms with Crippen molar-refractivity contribution in [1.82, 2.24) is 19.8 Å². The fraction of sp³-hybridized carbons (Fsp3) is 0.450. The topological polar surface area (TPSA) is 113 Å². The SMILES string of the molecule is C[C@@H](N)C(=O)N1C[C@H]2C[C@@H](C1)[C@H](CNC(=O)c1ccc[nH]1)n1c2cccc1=O. The van der Waals surface area contributed by atoms with E-state index in [0.717, 1.165) is 12.1 Å². The van der Waals surface area contributed by atoms with E-state index in [-0.39, 0.29) is 35.3 Å². The zero-order chi connectivity index (χ0) is 19.8. The summed E-state index contributed by atoms with van der Waals surface area (Å²) in [5.74, 6) is -0.101. The van der Waals surface area contributed by atoms with E-state index in [4.69, 9.17) is 5.73 Å². The van der Waals surface area contributed by atoms with E-state index in [1.165, 1.54) is 0 Å². The Morgan fingerprint density at radius 1 is 1.29 bits per heavy atom. The summed E-state index contributed by atoms with van der Waals surface area (Å²) in [7, 11) is 0. The predicted octanol–water partition coefficient (Wildman–Crippen LogP) is 0.440. The first kappa shape index (κ1) is 18.5. The van der Waals surface area contributed by atoms with Crippen LogP contribution in [0, 0.1) is 5.92 Å². The maximum absolute atomic E-state index is 12.6. The Hall–Kier alpha value is -2.87. The molecule has 2 amide bonds. The van der Waals surface area contributed by atoms with Crippen LogP contribution in [-0.4, -0.2) is 51.9 Å². The number of amides is 2. The van der Waals surface area contributed by atoms with Crippen LogP contribution < -0.4 is 16.6 Å². The highest BCUT2D eigenvalue weighted by Gasteiger charge is 2.42. The molecule has 2 aromatic heterocycles. The molecule has 2 bridgehead atoms. The van der Waals surface area contributed by atoms with E-state index in [1.807, 2.05) is 15.5 Å². The number of piperidine rings is 1. The first-order chi connectivity index (χ1) is 13.5. The van der Waals surface area contributed by atoms with E-state index in [2.05, 4.69) is 10.3 Å². The molecule has 4 heterocycles. The maximum Gasteiger partial charge on any atom is 0.267 e. The highest BCUT2D eigenvalue weighted by molar-refractivity contribution is 5.92. The third kappa shape index (κ3) is 3.24. The number of H-pyrrole nitrogens is 1. The summed E-state index contributed by atoms with van der Waals surface area (Å²) in [6.45, 7) is 3.13. The molecular formula is C20H25N5O3. The number of rotatable bonds is 4. The number of hydrogen-bond acceptors (Lipinski definition) is 4. The molecule has 0 spiro atoms. The summed E-state index contributed by atoms with van der Waals surface area (Å²) in [5, 5.41) is 2.93. The lowest BCUT2D eigenvalue weighted by Crippen LogP contribution is -2.55. The largest absolute Gasteiger partial charge is 0.357 e. The van der Waals surface area contributed by atoms with Gasteiger partial charge >= 0.3 is 0 Å². The van der Waals surface area contributed by atoms with Gasteiger partial charge in [-0.25, -0.2) is 0 Å². The van der Waals surface area contributed by atoms with Gasteiger partial charge in [0, 0.05) is 43.5 Å². The molecule has 0 saturated carbocycles. The van der Waals surface area contributed by atoms with Crippen molar-refractivity contribution in [3.63, 3.8) is 0 Å². The van der Waals surface area contributed by atoms with Crippen molar-refractivity contribution in [2.24, 2.45) is 11.7 Å². The van der Waals surface area contributed by atoms with Gasteiger partial charge in [0.2, 0.25) is 5.91 Å². The van der Waals surface area contributed by atoms with E-state index >= 15 is 0 Å². The average Bonchev–Trinajstić information content (AvgIpc) is 3.22. The molecule has 0 unspecified atom stereocenters. The molecule has 0 radical (unpaired) electrons. The van der Waals surface area contributed by atoms with Gasteiger partial charge in [-0.15, -0.1) is 0 Å². The molecule has 28 heavy (non-hydrogen) atoms. The zero-order valence-corrected chi connectivity index (χ0v) is 15.8. The number of aromatic nitrogens is 2. The summed E-state index contributed by atoms with van der Waals surface area (Å²) in [5.41, 5.74) is 7.14. The first-order valence-electron chi connectivity index (χ1n) is 9.63. The second kappa shape index (κ2) is 7.27. The number of nitrogens with two attached hydrogens (primary N) is 1. The number of pyridine rings is 1. The standard InChI is InChI=1S/C20H25N5O3/c1-12(21)20(28)24-10-13-8-14(11-24)17(25-16(13)5-2-6-18(25)26)9-23-19(27)15-4-3-7-22-15/h2-7,12-14,17,22H,8-11,21H2,1H3,(H,23,27)/t12-,13-,14+,17+/m1/s1. The number of likely N-dealkylation sites (tertiary alicyclic amines) is 1. The number of carbonyl (C=O) groups is 2. The van der Waals surface area contributed by atoms with Gasteiger partial charge in [0.1, 0.15) is 5.69 Å². The third-order valence-corrected chi connectivity index (χ3v) is 5.81. The lowest BCUT2D eigenvalue weighted by atomic mass is 9.78. The molecule has 8 heteroatoms. The summed E-state index contributed by atoms with van der Waals surface area (Å²) in [6, 6.07) is 7.96. The van der Waals surface area contributed by atoms with Gasteiger partial charge in [-0.2, -0.15) is 0 Å². The Morgan fingerprint density at radius 2 is 2.11 bits per heavy atom. The van der Waals surface area contributed by atoms with E-state index in [1.54, 1.807) is 37.4 Å². The average molecular weight is 383 g/mol. The fourth-order valence-electron chi connectivity index (χ4n) is 4.54. The molecule has 1 fully saturated rings. The minimum Gasteiger partial charge on any atom is -0.357 e. The van der Waals surface area contributed by atoms with Crippen molar-refractivity contribution in [3.8, 4) is 0 Å². The Kier molecular flexibility index (Phi) is 4.80. The minimum atomic E-state index is -0.553. The maximum atomic E-state index is 12.6. The second-order valence-electron chi connectivity index (χ2n) is 7.74. The van der Waals surface area contributed by atoms with Crippen molar-refractivity contribution < 1.29 is 9.59 Å². The summed E-state index contributed by atoms with van der Waals surface area (Å²) < 4.78 is 1.81. The molecular weight excluding hydrogens is 358 g/mol. The Labute approximate surface area is 162 Å². The van der Waals surface area contributed by atoms with Gasteiger partial charge < -0.3 is 25.5 Å². The molecule has 4 atom stereocenters. The molecule has 1 saturated heterocycles. The molecule has 0 aromatic carbocycles. The number of carbonyl (C=O) groups excluding carboxylic acids is 2. The first-order valence-corrected chi connectivity index (χ1v) is 9.63. The highest BCUT2D eigenvalue weighted by Crippen LogP contribution is 2.40. The van der Waals surface area contributed by atoms with E-state index < -0.39 is 6.04 Å². The van der Waals surface area contributed by atoms with Crippen LogP contribution in [0.25, 0.3) is 0 Å². The van der Waals surface area contributed by atoms with Gasteiger partial charge in [-0.3, -0.25) is 14.4 Å². The Balaban J connectivity index is 1.63. The smallest absolute Gasteiger partial charge is 0.267 e. The van der Waals surface area contributed by atoms with E-state index in [0.29, 0.717) is 25.3 Å². The summed E-state index contributed by atoms with van der Waals surface area (Å²) in [6.07, 6.45) is 2.58. The molecule has 2 aromatic rings. The van der Waals surface area contributed by atoms with Crippen LogP contribution in [0.2, 0.25) is 0 Å². The quantitative estimate of drug-likeness (QED) is 0.711. The van der Waals surface area contributed by atoms with Crippen LogP contribution in [0.4, 0.5) is 0 Å². The van der Waals surface area contributed by atoms with Crippen LogP contribution in [0.15, 0.2) is 41.3 Å². The summed E-state index contributed by atoms with van der Waals surface area (Å²) >= 11 is 0. The lowest BCUT2D eigenvalue weighted by Gasteiger charge is -2.47. The van der Waals surface area contributed by atoms with Crippen LogP contribution in [0.5, 0.6) is 0 Å². The Bertz CT molecular complexity index is 934. The number of nitrogens with one attached hydrogen (secondary N) is 2. The minimum absolute atomic E-state index is 0.0710. The van der Waals surface area contributed by atoms with Crippen LogP contribution in [0.1, 0.15) is 41.5 Å². The Morgan fingerprint density at radius 3 is 2.82 bits per heavy atom. The van der Waals surface area contributed by atoms with Crippen molar-refractivity contribution in [2.45, 2.75) is 31.3 Å². The fourth-order valence-corrected chi connectivity index (χ4v) is 4.54. The molecule has 4 rings (SSSR count). The monoisotopic (exact) mass is 383 g/mol. The normalized spacial score (nSPS) is 24.4. The molecule has 0 aliphatic carbocycles. The highest BCUT2D eigenvalue weighted by atomic mass is 16.2. The summed E-state index contributed by atoms with van der Waals surface area (Å²) in [4.78, 5) is 42.2. The van der Waals surface area contributed by atoms with Crippen molar-refractivity contribution in [1.29, 1.82) is 0 Å². The number of nitrogens with zero attached hydrogens (tertiary/aromatic N) is 2. The van der Waals surface area contributed by atoms with Gasteiger partial charge in [0.25, 0.3) is 11.5 Å². The van der Waals surface area contributed by atoms with Crippen molar-refractivity contribution >= 4 is 11.8 Å². The molecule has 8 nitrogen and oxygen atoms in total. The van der Waals surface area contributed by atoms with Gasteiger partial charge in [-0.05, 0) is 37.5 Å². The number of aromatic amines is 1.